The van der Waals surface area contributed by atoms with E-state index in [0.717, 1.165) is 11.9 Å². The van der Waals surface area contributed by atoms with Crippen LogP contribution in [0.3, 0.4) is 0 Å². The lowest BCUT2D eigenvalue weighted by atomic mass is 10.3. The Labute approximate surface area is 125 Å². The molecule has 1 heterocycles. The number of benzene rings is 1. The van der Waals surface area contributed by atoms with Crippen LogP contribution in [0, 0.1) is 5.82 Å². The molecule has 0 aliphatic carbocycles. The van der Waals surface area contributed by atoms with E-state index in [0.29, 0.717) is 11.6 Å². The van der Waals surface area contributed by atoms with Gasteiger partial charge in [-0.3, -0.25) is 0 Å². The summed E-state index contributed by atoms with van der Waals surface area (Å²) in [6, 6.07) is 7.86. The zero-order valence-corrected chi connectivity index (χ0v) is 13.2. The fraction of sp³-hybridized carbons (Fsp3) is 0.200. The number of anilines is 3. The van der Waals surface area contributed by atoms with Crippen molar-refractivity contribution in [3.05, 3.63) is 48.6 Å². The molecule has 2 aromatic rings. The Morgan fingerprint density at radius 3 is 2.67 bits per heavy atom. The topological polar surface area (TPSA) is 49.8 Å². The van der Waals surface area contributed by atoms with Crippen molar-refractivity contribution in [1.29, 1.82) is 0 Å². The molecular formula is C15H18FN4P. The minimum absolute atomic E-state index is 0.151. The number of aromatic nitrogens is 2. The van der Waals surface area contributed by atoms with Crippen LogP contribution in [-0.4, -0.2) is 23.3 Å². The minimum Gasteiger partial charge on any atom is -0.337 e. The largest absolute Gasteiger partial charge is 0.337 e. The summed E-state index contributed by atoms with van der Waals surface area (Å²) in [5.41, 5.74) is 1.56. The highest BCUT2D eigenvalue weighted by Gasteiger charge is 2.11. The SMILES string of the molecule is C=C(C)Nc1ncc(F)c(Nc2ccccc2P(C)C)n1. The third-order valence-corrected chi connectivity index (χ3v) is 4.06. The summed E-state index contributed by atoms with van der Waals surface area (Å²) in [4.78, 5) is 8.03. The first-order valence-electron chi connectivity index (χ1n) is 6.46. The highest BCUT2D eigenvalue weighted by atomic mass is 31.1. The van der Waals surface area contributed by atoms with Crippen LogP contribution in [-0.2, 0) is 0 Å². The number of para-hydroxylation sites is 1. The van der Waals surface area contributed by atoms with E-state index in [-0.39, 0.29) is 13.7 Å². The lowest BCUT2D eigenvalue weighted by molar-refractivity contribution is 0.619. The number of rotatable bonds is 5. The van der Waals surface area contributed by atoms with Gasteiger partial charge in [-0.2, -0.15) is 4.98 Å². The van der Waals surface area contributed by atoms with Crippen molar-refractivity contribution in [2.24, 2.45) is 0 Å². The standard InChI is InChI=1S/C15H18FN4P/c1-10(2)18-15-17-9-11(16)14(20-15)19-12-7-5-6-8-13(12)21(3)4/h5-9H,1H2,2-4H3,(H2,17,18,19,20). The highest BCUT2D eigenvalue weighted by Crippen LogP contribution is 2.29. The second-order valence-corrected chi connectivity index (χ2v) is 7.10. The molecule has 1 aromatic carbocycles. The molecule has 0 radical (unpaired) electrons. The van der Waals surface area contributed by atoms with Crippen molar-refractivity contribution < 1.29 is 4.39 Å². The summed E-state index contributed by atoms with van der Waals surface area (Å²) < 4.78 is 13.9. The van der Waals surface area contributed by atoms with Gasteiger partial charge in [0.05, 0.1) is 6.20 Å². The molecule has 0 saturated carbocycles. The Morgan fingerprint density at radius 2 is 2.00 bits per heavy atom. The van der Waals surface area contributed by atoms with Gasteiger partial charge in [-0.15, -0.1) is 0 Å². The van der Waals surface area contributed by atoms with Crippen LogP contribution < -0.4 is 15.9 Å². The first-order valence-corrected chi connectivity index (χ1v) is 8.69. The fourth-order valence-corrected chi connectivity index (χ4v) is 2.80. The molecule has 1 aromatic heterocycles. The number of hydrogen-bond acceptors (Lipinski definition) is 4. The molecule has 0 aliphatic rings. The van der Waals surface area contributed by atoms with Crippen LogP contribution in [0.4, 0.5) is 21.8 Å². The number of nitrogens with zero attached hydrogens (tertiary/aromatic N) is 2. The Hall–Kier alpha value is -2.00. The van der Waals surface area contributed by atoms with E-state index in [1.807, 2.05) is 24.3 Å². The van der Waals surface area contributed by atoms with Crippen LogP contribution in [0.25, 0.3) is 0 Å². The lowest BCUT2D eigenvalue weighted by Gasteiger charge is -2.15. The average Bonchev–Trinajstić information content (AvgIpc) is 2.42. The van der Waals surface area contributed by atoms with Crippen LogP contribution in [0.15, 0.2) is 42.7 Å². The van der Waals surface area contributed by atoms with Gasteiger partial charge in [-0.1, -0.05) is 32.7 Å². The molecule has 0 amide bonds. The van der Waals surface area contributed by atoms with Gasteiger partial charge in [0.2, 0.25) is 5.95 Å². The van der Waals surface area contributed by atoms with Crippen molar-refractivity contribution in [3.8, 4) is 0 Å². The number of nitrogens with one attached hydrogen (secondary N) is 2. The molecule has 6 heteroatoms. The minimum atomic E-state index is -0.492. The van der Waals surface area contributed by atoms with Crippen molar-refractivity contribution in [2.75, 3.05) is 24.0 Å². The van der Waals surface area contributed by atoms with E-state index in [2.05, 4.69) is 40.5 Å². The van der Waals surface area contributed by atoms with Crippen molar-refractivity contribution >= 4 is 30.7 Å². The second kappa shape index (κ2) is 6.64. The lowest BCUT2D eigenvalue weighted by Crippen LogP contribution is -2.10. The third kappa shape index (κ3) is 3.99. The Bertz CT molecular complexity index is 658. The molecule has 0 bridgehead atoms. The molecule has 4 nitrogen and oxygen atoms in total. The number of halogens is 1. The van der Waals surface area contributed by atoms with Crippen molar-refractivity contribution in [2.45, 2.75) is 6.92 Å². The van der Waals surface area contributed by atoms with Gasteiger partial charge in [-0.25, -0.2) is 9.37 Å². The zero-order valence-electron chi connectivity index (χ0n) is 12.3. The maximum absolute atomic E-state index is 13.9. The van der Waals surface area contributed by atoms with Crippen LogP contribution in [0.5, 0.6) is 0 Å². The number of hydrogen-bond donors (Lipinski definition) is 2. The molecule has 0 saturated heterocycles. The van der Waals surface area contributed by atoms with E-state index in [1.165, 1.54) is 5.30 Å². The molecule has 2 N–H and O–H groups in total. The molecule has 0 unspecified atom stereocenters. The third-order valence-electron chi connectivity index (χ3n) is 2.71. The van der Waals surface area contributed by atoms with Gasteiger partial charge in [-0.05, 0) is 31.6 Å². The second-order valence-electron chi connectivity index (χ2n) is 4.83. The van der Waals surface area contributed by atoms with Gasteiger partial charge < -0.3 is 10.6 Å². The molecule has 110 valence electrons. The molecule has 0 aliphatic heterocycles. The predicted molar refractivity (Wildman–Crippen MR) is 88.6 cm³/mol. The van der Waals surface area contributed by atoms with Crippen LogP contribution in [0.2, 0.25) is 0 Å². The molecule has 0 fully saturated rings. The maximum atomic E-state index is 13.9. The van der Waals surface area contributed by atoms with Gasteiger partial charge in [0.25, 0.3) is 0 Å². The zero-order chi connectivity index (χ0) is 15.4. The normalized spacial score (nSPS) is 10.5. The smallest absolute Gasteiger partial charge is 0.229 e. The molecular weight excluding hydrogens is 286 g/mol. The molecule has 0 spiro atoms. The Morgan fingerprint density at radius 1 is 1.29 bits per heavy atom. The summed E-state index contributed by atoms with van der Waals surface area (Å²) in [6.45, 7) is 9.82. The summed E-state index contributed by atoms with van der Waals surface area (Å²) >= 11 is 0. The van der Waals surface area contributed by atoms with Crippen molar-refractivity contribution in [1.82, 2.24) is 9.97 Å². The van der Waals surface area contributed by atoms with E-state index in [4.69, 9.17) is 0 Å². The van der Waals surface area contributed by atoms with E-state index >= 15 is 0 Å². The fourth-order valence-electron chi connectivity index (χ4n) is 1.80. The summed E-state index contributed by atoms with van der Waals surface area (Å²) in [5.74, 6) is -0.0224. The van der Waals surface area contributed by atoms with Crippen molar-refractivity contribution in [3.63, 3.8) is 0 Å². The Kier molecular flexibility index (Phi) is 4.86. The average molecular weight is 304 g/mol. The molecule has 21 heavy (non-hydrogen) atoms. The Balaban J connectivity index is 2.33. The van der Waals surface area contributed by atoms with Crippen LogP contribution in [0.1, 0.15) is 6.92 Å². The van der Waals surface area contributed by atoms with E-state index in [9.17, 15) is 4.39 Å². The summed E-state index contributed by atoms with van der Waals surface area (Å²) in [7, 11) is -0.302. The molecule has 2 rings (SSSR count). The first kappa shape index (κ1) is 15.4. The predicted octanol–water partition coefficient (Wildman–Crippen LogP) is 3.67. The quantitative estimate of drug-likeness (QED) is 0.828. The summed E-state index contributed by atoms with van der Waals surface area (Å²) in [5, 5.41) is 7.10. The summed E-state index contributed by atoms with van der Waals surface area (Å²) in [6.07, 6.45) is 1.14. The monoisotopic (exact) mass is 304 g/mol. The first-order chi connectivity index (χ1) is 9.97. The van der Waals surface area contributed by atoms with Gasteiger partial charge in [0.1, 0.15) is 0 Å². The van der Waals surface area contributed by atoms with Crippen LogP contribution >= 0.6 is 7.92 Å². The van der Waals surface area contributed by atoms with E-state index in [1.54, 1.807) is 6.92 Å². The number of allylic oxidation sites excluding steroid dienone is 1. The van der Waals surface area contributed by atoms with Gasteiger partial charge >= 0.3 is 0 Å². The van der Waals surface area contributed by atoms with E-state index < -0.39 is 5.82 Å². The highest BCUT2D eigenvalue weighted by molar-refractivity contribution is 7.64. The van der Waals surface area contributed by atoms with Gasteiger partial charge in [0.15, 0.2) is 11.6 Å². The van der Waals surface area contributed by atoms with Gasteiger partial charge in [0, 0.05) is 11.4 Å². The molecule has 0 atom stereocenters. The maximum Gasteiger partial charge on any atom is 0.229 e.